The zero-order chi connectivity index (χ0) is 12.3. The number of nitrogens with zero attached hydrogens (tertiary/aromatic N) is 1. The summed E-state index contributed by atoms with van der Waals surface area (Å²) in [6.45, 7) is 2.96. The monoisotopic (exact) mass is 296 g/mol. The van der Waals surface area contributed by atoms with E-state index in [0.717, 1.165) is 29.7 Å². The van der Waals surface area contributed by atoms with Crippen molar-refractivity contribution in [3.8, 4) is 0 Å². The summed E-state index contributed by atoms with van der Waals surface area (Å²) in [5, 5.41) is 3.39. The zero-order valence-corrected chi connectivity index (χ0v) is 11.5. The molecule has 92 valence electrons. The summed E-state index contributed by atoms with van der Waals surface area (Å²) in [6.07, 6.45) is 0.562. The number of Topliss-reactive ketones (excluding diaryl/α,β-unsaturated/α-hetero) is 1. The molecule has 0 saturated carbocycles. The lowest BCUT2D eigenvalue weighted by Crippen LogP contribution is -2.49. The van der Waals surface area contributed by atoms with Gasteiger partial charge in [-0.25, -0.2) is 0 Å². The first-order valence-electron chi connectivity index (χ1n) is 5.86. The van der Waals surface area contributed by atoms with Gasteiger partial charge >= 0.3 is 0 Å². The zero-order valence-electron chi connectivity index (χ0n) is 9.95. The molecule has 1 saturated heterocycles. The Kier molecular flexibility index (Phi) is 4.31. The van der Waals surface area contributed by atoms with Crippen LogP contribution in [0, 0.1) is 0 Å². The topological polar surface area (TPSA) is 32.3 Å². The van der Waals surface area contributed by atoms with Crippen LogP contribution in [0.1, 0.15) is 16.8 Å². The molecule has 0 aliphatic carbocycles. The molecule has 0 radical (unpaired) electrons. The Labute approximate surface area is 110 Å². The van der Waals surface area contributed by atoms with Gasteiger partial charge in [-0.1, -0.05) is 34.1 Å². The van der Waals surface area contributed by atoms with E-state index in [2.05, 4.69) is 33.2 Å². The van der Waals surface area contributed by atoms with Crippen LogP contribution in [0.15, 0.2) is 28.7 Å². The van der Waals surface area contributed by atoms with E-state index < -0.39 is 0 Å². The van der Waals surface area contributed by atoms with E-state index in [0.29, 0.717) is 6.42 Å². The average molecular weight is 297 g/mol. The first-order valence-corrected chi connectivity index (χ1v) is 6.66. The molecule has 1 aliphatic rings. The van der Waals surface area contributed by atoms with Crippen molar-refractivity contribution in [2.45, 2.75) is 12.5 Å². The molecule has 4 heteroatoms. The van der Waals surface area contributed by atoms with E-state index in [-0.39, 0.29) is 11.8 Å². The second-order valence-electron chi connectivity index (χ2n) is 4.52. The summed E-state index contributed by atoms with van der Waals surface area (Å²) in [5.74, 6) is 0.199. The molecule has 1 atom stereocenters. The van der Waals surface area contributed by atoms with Crippen molar-refractivity contribution >= 4 is 21.7 Å². The molecule has 0 amide bonds. The lowest BCUT2D eigenvalue weighted by molar-refractivity contribution is 0.0951. The van der Waals surface area contributed by atoms with Gasteiger partial charge in [0.05, 0.1) is 0 Å². The maximum absolute atomic E-state index is 12.2. The summed E-state index contributed by atoms with van der Waals surface area (Å²) >= 11 is 3.42. The van der Waals surface area contributed by atoms with Gasteiger partial charge in [0.25, 0.3) is 0 Å². The van der Waals surface area contributed by atoms with Crippen molar-refractivity contribution in [3.63, 3.8) is 0 Å². The Morgan fingerprint density at radius 3 is 3.00 bits per heavy atom. The third-order valence-electron chi connectivity index (χ3n) is 3.06. The Balaban J connectivity index is 1.99. The number of halogens is 1. The van der Waals surface area contributed by atoms with E-state index in [1.54, 1.807) is 0 Å². The minimum Gasteiger partial charge on any atom is -0.311 e. The smallest absolute Gasteiger partial charge is 0.165 e. The van der Waals surface area contributed by atoms with Gasteiger partial charge < -0.3 is 10.2 Å². The van der Waals surface area contributed by atoms with Crippen LogP contribution in [0.5, 0.6) is 0 Å². The van der Waals surface area contributed by atoms with E-state index in [1.165, 1.54) is 0 Å². The van der Waals surface area contributed by atoms with Gasteiger partial charge in [-0.2, -0.15) is 0 Å². The largest absolute Gasteiger partial charge is 0.311 e. The second kappa shape index (κ2) is 5.76. The van der Waals surface area contributed by atoms with Crippen LogP contribution in [-0.4, -0.2) is 43.4 Å². The minimum atomic E-state index is 0.199. The van der Waals surface area contributed by atoms with Crippen LogP contribution in [-0.2, 0) is 0 Å². The Hall–Kier alpha value is -0.710. The molecule has 1 aliphatic heterocycles. The maximum Gasteiger partial charge on any atom is 0.165 e. The molecular weight excluding hydrogens is 280 g/mol. The van der Waals surface area contributed by atoms with Gasteiger partial charge in [-0.05, 0) is 13.1 Å². The third-order valence-corrected chi connectivity index (χ3v) is 3.76. The highest BCUT2D eigenvalue weighted by Gasteiger charge is 2.20. The van der Waals surface area contributed by atoms with Crippen molar-refractivity contribution in [1.29, 1.82) is 0 Å². The first-order chi connectivity index (χ1) is 8.16. The SMILES string of the molecule is CN1CCNC(CC(=O)c2ccccc2Br)C1. The third kappa shape index (κ3) is 3.37. The molecule has 1 aromatic carbocycles. The van der Waals surface area contributed by atoms with Gasteiger partial charge in [0.2, 0.25) is 0 Å². The molecule has 2 rings (SSSR count). The fourth-order valence-electron chi connectivity index (χ4n) is 2.15. The maximum atomic E-state index is 12.2. The summed E-state index contributed by atoms with van der Waals surface area (Å²) in [5.41, 5.74) is 0.780. The highest BCUT2D eigenvalue weighted by Crippen LogP contribution is 2.18. The molecule has 3 nitrogen and oxygen atoms in total. The Morgan fingerprint density at radius 2 is 2.29 bits per heavy atom. The van der Waals surface area contributed by atoms with Crippen LogP contribution in [0.25, 0.3) is 0 Å². The fraction of sp³-hybridized carbons (Fsp3) is 0.462. The van der Waals surface area contributed by atoms with E-state index in [9.17, 15) is 4.79 Å². The summed E-state index contributed by atoms with van der Waals surface area (Å²) in [4.78, 5) is 14.4. The van der Waals surface area contributed by atoms with Gasteiger partial charge in [0.15, 0.2) is 5.78 Å². The van der Waals surface area contributed by atoms with Gasteiger partial charge in [-0.15, -0.1) is 0 Å². The quantitative estimate of drug-likeness (QED) is 0.865. The number of carbonyl (C=O) groups excluding carboxylic acids is 1. The number of ketones is 1. The van der Waals surface area contributed by atoms with E-state index in [4.69, 9.17) is 0 Å². The normalized spacial score (nSPS) is 21.4. The standard InChI is InChI=1S/C13H17BrN2O/c1-16-7-6-15-10(9-16)8-13(17)11-4-2-3-5-12(11)14/h2-5,10,15H,6-9H2,1H3. The first kappa shape index (κ1) is 12.7. The molecule has 0 aromatic heterocycles. The van der Waals surface area contributed by atoms with Crippen molar-refractivity contribution in [2.75, 3.05) is 26.7 Å². The van der Waals surface area contributed by atoms with Crippen molar-refractivity contribution in [2.24, 2.45) is 0 Å². The van der Waals surface area contributed by atoms with Gasteiger partial charge in [0, 0.05) is 42.1 Å². The predicted molar refractivity (Wildman–Crippen MR) is 72.4 cm³/mol. The van der Waals surface area contributed by atoms with Gasteiger partial charge in [-0.3, -0.25) is 4.79 Å². The van der Waals surface area contributed by atoms with Crippen LogP contribution >= 0.6 is 15.9 Å². The molecule has 1 unspecified atom stereocenters. The van der Waals surface area contributed by atoms with Crippen LogP contribution in [0.4, 0.5) is 0 Å². The molecular formula is C13H17BrN2O. The molecule has 0 bridgehead atoms. The summed E-state index contributed by atoms with van der Waals surface area (Å²) < 4.78 is 0.883. The number of hydrogen-bond donors (Lipinski definition) is 1. The fourth-order valence-corrected chi connectivity index (χ4v) is 2.66. The lowest BCUT2D eigenvalue weighted by Gasteiger charge is -2.30. The highest BCUT2D eigenvalue weighted by atomic mass is 79.9. The van der Waals surface area contributed by atoms with Gasteiger partial charge in [0.1, 0.15) is 0 Å². The number of piperazine rings is 1. The number of rotatable bonds is 3. The Morgan fingerprint density at radius 1 is 1.53 bits per heavy atom. The molecule has 17 heavy (non-hydrogen) atoms. The van der Waals surface area contributed by atoms with Crippen LogP contribution < -0.4 is 5.32 Å². The Bertz CT molecular complexity index is 408. The second-order valence-corrected chi connectivity index (χ2v) is 5.37. The van der Waals surface area contributed by atoms with E-state index in [1.807, 2.05) is 24.3 Å². The number of carbonyl (C=O) groups is 1. The highest BCUT2D eigenvalue weighted by molar-refractivity contribution is 9.10. The molecule has 1 aromatic rings. The molecule has 0 spiro atoms. The van der Waals surface area contributed by atoms with Crippen LogP contribution in [0.3, 0.4) is 0 Å². The van der Waals surface area contributed by atoms with E-state index >= 15 is 0 Å². The average Bonchev–Trinajstić information content (AvgIpc) is 2.29. The predicted octanol–water partition coefficient (Wildman–Crippen LogP) is 1.93. The van der Waals surface area contributed by atoms with Crippen molar-refractivity contribution in [1.82, 2.24) is 10.2 Å². The number of benzene rings is 1. The lowest BCUT2D eigenvalue weighted by atomic mass is 10.0. The summed E-state index contributed by atoms with van der Waals surface area (Å²) in [6, 6.07) is 7.88. The van der Waals surface area contributed by atoms with Crippen molar-refractivity contribution < 1.29 is 4.79 Å². The molecule has 1 N–H and O–H groups in total. The minimum absolute atomic E-state index is 0.199. The van der Waals surface area contributed by atoms with Crippen molar-refractivity contribution in [3.05, 3.63) is 34.3 Å². The van der Waals surface area contributed by atoms with Crippen LogP contribution in [0.2, 0.25) is 0 Å². The number of hydrogen-bond acceptors (Lipinski definition) is 3. The number of likely N-dealkylation sites (N-methyl/N-ethyl adjacent to an activating group) is 1. The summed E-state index contributed by atoms with van der Waals surface area (Å²) in [7, 11) is 2.09. The molecule has 1 heterocycles. The molecule has 1 fully saturated rings. The number of nitrogens with one attached hydrogen (secondary N) is 1.